The van der Waals surface area contributed by atoms with Crippen LogP contribution in [0.4, 0.5) is 13.2 Å². The fourth-order valence-electron chi connectivity index (χ4n) is 3.40. The van der Waals surface area contributed by atoms with E-state index >= 15 is 0 Å². The summed E-state index contributed by atoms with van der Waals surface area (Å²) in [5.74, 6) is 0. The van der Waals surface area contributed by atoms with Crippen molar-refractivity contribution in [2.24, 2.45) is 5.41 Å². The van der Waals surface area contributed by atoms with Gasteiger partial charge in [0.2, 0.25) is 0 Å². The van der Waals surface area contributed by atoms with Crippen molar-refractivity contribution < 1.29 is 17.3 Å². The van der Waals surface area contributed by atoms with E-state index in [1.54, 1.807) is 0 Å². The quantitative estimate of drug-likeness (QED) is 0.561. The largest absolute Gasteiger partial charge is 0.458 e. The number of hydrogen-bond donors (Lipinski definition) is 0. The minimum absolute atomic E-state index is 0.199. The molecule has 0 saturated heterocycles. The molecule has 0 N–H and O–H groups in total. The van der Waals surface area contributed by atoms with Crippen molar-refractivity contribution in [2.45, 2.75) is 77.3 Å². The van der Waals surface area contributed by atoms with Crippen LogP contribution >= 0.6 is 0 Å². The van der Waals surface area contributed by atoms with E-state index < -0.39 is 38.8 Å². The molecule has 122 valence electrons. The summed E-state index contributed by atoms with van der Waals surface area (Å²) < 4.78 is 43.9. The first kappa shape index (κ1) is 20.4. The molecule has 0 fully saturated rings. The van der Waals surface area contributed by atoms with Gasteiger partial charge in [-0.25, -0.2) is 0 Å². The molecule has 0 rings (SSSR count). The summed E-state index contributed by atoms with van der Waals surface area (Å²) in [4.78, 5) is 0. The van der Waals surface area contributed by atoms with Gasteiger partial charge in [-0.1, -0.05) is 26.1 Å². The predicted molar refractivity (Wildman–Crippen MR) is 89.3 cm³/mol. The Morgan fingerprint density at radius 1 is 1.00 bits per heavy atom. The Morgan fingerprint density at radius 2 is 1.50 bits per heavy atom. The maximum absolute atomic E-state index is 12.6. The van der Waals surface area contributed by atoms with Crippen LogP contribution in [-0.4, -0.2) is 32.3 Å². The zero-order chi connectivity index (χ0) is 16.2. The van der Waals surface area contributed by atoms with Crippen molar-refractivity contribution >= 4 is 26.2 Å². The van der Waals surface area contributed by atoms with Crippen LogP contribution in [0.5, 0.6) is 0 Å². The average Bonchev–Trinajstić information content (AvgIpc) is 2.08. The summed E-state index contributed by atoms with van der Waals surface area (Å²) in [6, 6.07) is 1.83. The van der Waals surface area contributed by atoms with E-state index in [1.165, 1.54) is 0 Å². The summed E-state index contributed by atoms with van der Waals surface area (Å²) in [5.41, 5.74) is -0.199. The summed E-state index contributed by atoms with van der Waals surface area (Å²) in [6.45, 7) is 15.1. The highest BCUT2D eigenvalue weighted by Gasteiger charge is 2.39. The van der Waals surface area contributed by atoms with E-state index in [2.05, 4.69) is 39.3 Å². The van der Waals surface area contributed by atoms with Crippen molar-refractivity contribution in [3.63, 3.8) is 0 Å². The second kappa shape index (κ2) is 7.60. The van der Waals surface area contributed by atoms with Crippen molar-refractivity contribution in [3.8, 4) is 0 Å². The van der Waals surface area contributed by atoms with Gasteiger partial charge < -0.3 is 4.12 Å². The van der Waals surface area contributed by atoms with Crippen molar-refractivity contribution in [1.29, 1.82) is 0 Å². The summed E-state index contributed by atoms with van der Waals surface area (Å²) >= 11 is 0. The molecule has 1 nitrogen and oxygen atoms in total. The Hall–Kier alpha value is 0.401. The SMILES string of the molecule is C[SiH](C)CC(C)(CCC(F)(F)F)C[Si](C)(C)O[SiH](C)C. The van der Waals surface area contributed by atoms with Gasteiger partial charge in [-0.05, 0) is 44.1 Å². The van der Waals surface area contributed by atoms with Gasteiger partial charge in [0.15, 0.2) is 17.4 Å². The number of rotatable bonds is 8. The number of alkyl halides is 3. The van der Waals surface area contributed by atoms with E-state index in [4.69, 9.17) is 4.12 Å². The van der Waals surface area contributed by atoms with Crippen LogP contribution in [0.15, 0.2) is 0 Å². The zero-order valence-electron chi connectivity index (χ0n) is 14.0. The Balaban J connectivity index is 4.85. The molecule has 0 radical (unpaired) electrons. The van der Waals surface area contributed by atoms with Crippen LogP contribution in [0.3, 0.4) is 0 Å². The minimum Gasteiger partial charge on any atom is -0.458 e. The number of halogens is 3. The average molecular weight is 345 g/mol. The highest BCUT2D eigenvalue weighted by molar-refractivity contribution is 6.78. The van der Waals surface area contributed by atoms with Gasteiger partial charge in [-0.3, -0.25) is 0 Å². The second-order valence-electron chi connectivity index (χ2n) is 7.63. The van der Waals surface area contributed by atoms with Crippen LogP contribution in [0.1, 0.15) is 19.8 Å². The lowest BCUT2D eigenvalue weighted by Crippen LogP contribution is -2.41. The maximum Gasteiger partial charge on any atom is 0.389 e. The lowest BCUT2D eigenvalue weighted by molar-refractivity contribution is -0.139. The molecule has 0 aromatic rings. The lowest BCUT2D eigenvalue weighted by Gasteiger charge is -2.38. The van der Waals surface area contributed by atoms with Crippen LogP contribution in [0.25, 0.3) is 0 Å². The van der Waals surface area contributed by atoms with Crippen molar-refractivity contribution in [2.75, 3.05) is 0 Å². The van der Waals surface area contributed by atoms with E-state index in [1.807, 2.05) is 6.92 Å². The molecule has 1 atom stereocenters. The van der Waals surface area contributed by atoms with Gasteiger partial charge in [0, 0.05) is 15.2 Å². The highest BCUT2D eigenvalue weighted by atomic mass is 28.4. The Bertz CT molecular complexity index is 293. The second-order valence-corrected chi connectivity index (χ2v) is 17.7. The van der Waals surface area contributed by atoms with E-state index in [0.29, 0.717) is 0 Å². The van der Waals surface area contributed by atoms with Crippen molar-refractivity contribution in [3.05, 3.63) is 0 Å². The smallest absolute Gasteiger partial charge is 0.389 e. The van der Waals surface area contributed by atoms with Crippen LogP contribution in [0, 0.1) is 5.41 Å². The maximum atomic E-state index is 12.6. The lowest BCUT2D eigenvalue weighted by atomic mass is 9.89. The molecule has 0 aliphatic carbocycles. The normalized spacial score (nSPS) is 16.8. The van der Waals surface area contributed by atoms with E-state index in [0.717, 1.165) is 12.1 Å². The topological polar surface area (TPSA) is 9.23 Å². The molecule has 0 saturated carbocycles. The zero-order valence-corrected chi connectivity index (χ0v) is 17.3. The number of hydrogen-bond acceptors (Lipinski definition) is 1. The van der Waals surface area contributed by atoms with Gasteiger partial charge in [-0.15, -0.1) is 0 Å². The predicted octanol–water partition coefficient (Wildman–Crippen LogP) is 5.03. The van der Waals surface area contributed by atoms with Gasteiger partial charge in [0.25, 0.3) is 0 Å². The van der Waals surface area contributed by atoms with Gasteiger partial charge in [0.1, 0.15) is 0 Å². The minimum atomic E-state index is -4.04. The Kier molecular flexibility index (Phi) is 7.75. The molecular formula is C13H31F3OSi3. The first-order valence-electron chi connectivity index (χ1n) is 7.49. The molecule has 0 aliphatic heterocycles. The van der Waals surface area contributed by atoms with Gasteiger partial charge in [-0.2, -0.15) is 13.2 Å². The standard InChI is InChI=1S/C13H31F3OSi3/c1-12(10-18(2)3,8-9-13(14,15)16)11-20(6,7)17-19(4)5/h18-19H,8-11H2,1-7H3. The molecule has 0 bridgehead atoms. The monoisotopic (exact) mass is 344 g/mol. The fraction of sp³-hybridized carbons (Fsp3) is 1.00. The molecule has 7 heteroatoms. The van der Waals surface area contributed by atoms with Gasteiger partial charge >= 0.3 is 6.18 Å². The molecule has 0 aromatic carbocycles. The molecule has 0 amide bonds. The third kappa shape index (κ3) is 10.2. The Morgan fingerprint density at radius 3 is 1.85 bits per heavy atom. The molecule has 0 heterocycles. The third-order valence-corrected chi connectivity index (χ3v) is 11.3. The first-order valence-corrected chi connectivity index (χ1v) is 16.5. The molecule has 1 unspecified atom stereocenters. The molecular weight excluding hydrogens is 313 g/mol. The fourth-order valence-corrected chi connectivity index (χ4v) is 13.8. The molecule has 0 aliphatic rings. The summed E-state index contributed by atoms with van der Waals surface area (Å²) in [7, 11) is -3.87. The first-order chi connectivity index (χ1) is 8.75. The summed E-state index contributed by atoms with van der Waals surface area (Å²) in [6.07, 6.45) is -4.45. The molecule has 0 aromatic heterocycles. The van der Waals surface area contributed by atoms with Gasteiger partial charge in [0.05, 0.1) is 0 Å². The van der Waals surface area contributed by atoms with Crippen molar-refractivity contribution in [1.82, 2.24) is 0 Å². The van der Waals surface area contributed by atoms with Crippen LogP contribution < -0.4 is 0 Å². The summed E-state index contributed by atoms with van der Waals surface area (Å²) in [5, 5.41) is 0. The molecule has 20 heavy (non-hydrogen) atoms. The van der Waals surface area contributed by atoms with Crippen LogP contribution in [0.2, 0.25) is 51.4 Å². The van der Waals surface area contributed by atoms with Crippen LogP contribution in [-0.2, 0) is 4.12 Å². The Labute approximate surface area is 126 Å². The van der Waals surface area contributed by atoms with E-state index in [9.17, 15) is 13.2 Å². The highest BCUT2D eigenvalue weighted by Crippen LogP contribution is 2.41. The van der Waals surface area contributed by atoms with E-state index in [-0.39, 0.29) is 11.8 Å². The molecule has 0 spiro atoms. The third-order valence-electron chi connectivity index (χ3n) is 3.32.